The first kappa shape index (κ1) is 18.6. The number of anilines is 1. The molecule has 0 aliphatic carbocycles. The second-order valence-electron chi connectivity index (χ2n) is 6.76. The van der Waals surface area contributed by atoms with Crippen LogP contribution in [0.5, 0.6) is 5.75 Å². The van der Waals surface area contributed by atoms with E-state index in [1.807, 2.05) is 60.8 Å². The van der Waals surface area contributed by atoms with E-state index in [-0.39, 0.29) is 12.1 Å². The summed E-state index contributed by atoms with van der Waals surface area (Å²) < 4.78 is 5.64. The fourth-order valence-electron chi connectivity index (χ4n) is 3.00. The van der Waals surface area contributed by atoms with Gasteiger partial charge in [0.15, 0.2) is 0 Å². The number of amides is 2. The molecule has 3 rings (SSSR count). The number of hydrogen-bond donors (Lipinski definition) is 1. The summed E-state index contributed by atoms with van der Waals surface area (Å²) in [6.45, 7) is 5.58. The van der Waals surface area contributed by atoms with Crippen LogP contribution in [0, 0.1) is 0 Å². The monoisotopic (exact) mass is 370 g/mol. The molecule has 5 heteroatoms. The molecular weight excluding hydrogens is 344 g/mol. The first-order valence-electron chi connectivity index (χ1n) is 9.14. The van der Waals surface area contributed by atoms with Gasteiger partial charge >= 0.3 is 6.03 Å². The smallest absolute Gasteiger partial charge is 0.321 e. The molecule has 2 amide bonds. The van der Waals surface area contributed by atoms with Crippen molar-refractivity contribution in [2.45, 2.75) is 42.9 Å². The molecule has 1 aliphatic heterocycles. The number of carbonyl (C=O) groups excluding carboxylic acids is 1. The third-order valence-corrected chi connectivity index (χ3v) is 5.45. The van der Waals surface area contributed by atoms with Crippen LogP contribution in [0.1, 0.15) is 26.7 Å². The average molecular weight is 371 g/mol. The number of benzene rings is 2. The van der Waals surface area contributed by atoms with Crippen LogP contribution < -0.4 is 10.1 Å². The van der Waals surface area contributed by atoms with Gasteiger partial charge in [0.1, 0.15) is 5.75 Å². The van der Waals surface area contributed by atoms with Crippen molar-refractivity contribution in [2.24, 2.45) is 0 Å². The van der Waals surface area contributed by atoms with E-state index in [4.69, 9.17) is 4.74 Å². The quantitative estimate of drug-likeness (QED) is 0.780. The van der Waals surface area contributed by atoms with Crippen LogP contribution in [0.25, 0.3) is 0 Å². The zero-order valence-electron chi connectivity index (χ0n) is 15.4. The van der Waals surface area contributed by atoms with Crippen LogP contribution in [-0.2, 0) is 0 Å². The van der Waals surface area contributed by atoms with Crippen LogP contribution in [0.3, 0.4) is 0 Å². The van der Waals surface area contributed by atoms with Gasteiger partial charge in [-0.25, -0.2) is 4.79 Å². The van der Waals surface area contributed by atoms with Crippen molar-refractivity contribution < 1.29 is 9.53 Å². The van der Waals surface area contributed by atoms with Crippen molar-refractivity contribution in [2.75, 3.05) is 18.4 Å². The first-order valence-corrected chi connectivity index (χ1v) is 10.0. The number of nitrogens with zero attached hydrogens (tertiary/aromatic N) is 1. The molecule has 0 saturated carbocycles. The molecule has 26 heavy (non-hydrogen) atoms. The zero-order valence-corrected chi connectivity index (χ0v) is 16.2. The lowest BCUT2D eigenvalue weighted by atomic mass is 10.1. The normalized spacial score (nSPS) is 17.2. The van der Waals surface area contributed by atoms with Crippen molar-refractivity contribution in [1.82, 2.24) is 4.90 Å². The summed E-state index contributed by atoms with van der Waals surface area (Å²) in [6, 6.07) is 17.9. The summed E-state index contributed by atoms with van der Waals surface area (Å²) in [7, 11) is 0. The molecule has 1 unspecified atom stereocenters. The van der Waals surface area contributed by atoms with Crippen LogP contribution in [0.15, 0.2) is 59.5 Å². The van der Waals surface area contributed by atoms with Crippen molar-refractivity contribution in [3.8, 4) is 5.75 Å². The number of piperidine rings is 1. The van der Waals surface area contributed by atoms with Gasteiger partial charge in [-0.3, -0.25) is 0 Å². The number of rotatable bonds is 5. The van der Waals surface area contributed by atoms with E-state index in [1.165, 1.54) is 4.90 Å². The molecule has 138 valence electrons. The molecule has 1 atom stereocenters. The van der Waals surface area contributed by atoms with Gasteiger partial charge in [0.05, 0.1) is 6.10 Å². The molecule has 1 aliphatic rings. The maximum absolute atomic E-state index is 12.6. The van der Waals surface area contributed by atoms with E-state index in [0.29, 0.717) is 5.25 Å². The predicted molar refractivity (Wildman–Crippen MR) is 108 cm³/mol. The van der Waals surface area contributed by atoms with Gasteiger partial charge in [-0.05, 0) is 63.1 Å². The Labute approximate surface area is 159 Å². The number of likely N-dealkylation sites (tertiary alicyclic amines) is 1. The number of carbonyl (C=O) groups is 1. The Morgan fingerprint density at radius 3 is 2.58 bits per heavy atom. The second-order valence-corrected chi connectivity index (χ2v) is 8.14. The van der Waals surface area contributed by atoms with Crippen LogP contribution in [0.2, 0.25) is 0 Å². The van der Waals surface area contributed by atoms with Gasteiger partial charge in [-0.2, -0.15) is 0 Å². The van der Waals surface area contributed by atoms with Gasteiger partial charge in [0, 0.05) is 28.9 Å². The van der Waals surface area contributed by atoms with E-state index in [1.54, 1.807) is 0 Å². The number of nitrogens with one attached hydrogen (secondary N) is 1. The summed E-state index contributed by atoms with van der Waals surface area (Å²) in [5.74, 6) is 0.815. The molecule has 0 aromatic heterocycles. The highest BCUT2D eigenvalue weighted by Crippen LogP contribution is 2.29. The van der Waals surface area contributed by atoms with Gasteiger partial charge in [0.25, 0.3) is 0 Å². The standard InChI is InChI=1S/C21H26N2O2S/c1-16(2)25-18-12-10-17(11-13-18)22-21(24)23-14-6-9-20(15-23)26-19-7-4-3-5-8-19/h3-5,7-8,10-13,16,20H,6,9,14-15H2,1-2H3,(H,22,24). The lowest BCUT2D eigenvalue weighted by Crippen LogP contribution is -2.43. The topological polar surface area (TPSA) is 41.6 Å². The Kier molecular flexibility index (Phi) is 6.45. The van der Waals surface area contributed by atoms with E-state index in [2.05, 4.69) is 29.6 Å². The number of hydrogen-bond acceptors (Lipinski definition) is 3. The zero-order chi connectivity index (χ0) is 18.4. The largest absolute Gasteiger partial charge is 0.491 e. The Morgan fingerprint density at radius 1 is 1.15 bits per heavy atom. The van der Waals surface area contributed by atoms with E-state index >= 15 is 0 Å². The molecule has 1 saturated heterocycles. The molecule has 0 bridgehead atoms. The summed E-state index contributed by atoms with van der Waals surface area (Å²) in [5, 5.41) is 3.44. The summed E-state index contributed by atoms with van der Waals surface area (Å²) in [6.07, 6.45) is 2.33. The molecule has 1 fully saturated rings. The maximum atomic E-state index is 12.6. The number of thioether (sulfide) groups is 1. The lowest BCUT2D eigenvalue weighted by Gasteiger charge is -2.32. The van der Waals surface area contributed by atoms with E-state index in [0.717, 1.165) is 37.4 Å². The minimum atomic E-state index is -0.0270. The third-order valence-electron chi connectivity index (χ3n) is 4.19. The van der Waals surface area contributed by atoms with Crippen LogP contribution >= 0.6 is 11.8 Å². The Bertz CT molecular complexity index is 704. The minimum absolute atomic E-state index is 0.0270. The minimum Gasteiger partial charge on any atom is -0.491 e. The van der Waals surface area contributed by atoms with Crippen molar-refractivity contribution in [3.05, 3.63) is 54.6 Å². The molecule has 1 N–H and O–H groups in total. The maximum Gasteiger partial charge on any atom is 0.321 e. The number of ether oxygens (including phenoxy) is 1. The molecule has 0 radical (unpaired) electrons. The molecule has 0 spiro atoms. The van der Waals surface area contributed by atoms with Gasteiger partial charge in [-0.15, -0.1) is 11.8 Å². The highest BCUT2D eigenvalue weighted by atomic mass is 32.2. The SMILES string of the molecule is CC(C)Oc1ccc(NC(=O)N2CCCC(Sc3ccccc3)C2)cc1. The Morgan fingerprint density at radius 2 is 1.88 bits per heavy atom. The highest BCUT2D eigenvalue weighted by Gasteiger charge is 2.24. The predicted octanol–water partition coefficient (Wildman–Crippen LogP) is 5.26. The lowest BCUT2D eigenvalue weighted by molar-refractivity contribution is 0.201. The number of urea groups is 1. The molecule has 1 heterocycles. The fourth-order valence-corrected chi connectivity index (χ4v) is 4.24. The van der Waals surface area contributed by atoms with Crippen molar-refractivity contribution in [1.29, 1.82) is 0 Å². The van der Waals surface area contributed by atoms with E-state index < -0.39 is 0 Å². The fraction of sp³-hybridized carbons (Fsp3) is 0.381. The average Bonchev–Trinajstić information content (AvgIpc) is 2.64. The first-order chi connectivity index (χ1) is 12.6. The van der Waals surface area contributed by atoms with Crippen molar-refractivity contribution in [3.63, 3.8) is 0 Å². The molecular formula is C21H26N2O2S. The van der Waals surface area contributed by atoms with Gasteiger partial charge in [-0.1, -0.05) is 18.2 Å². The molecule has 2 aromatic rings. The van der Waals surface area contributed by atoms with E-state index in [9.17, 15) is 4.79 Å². The Hall–Kier alpha value is -2.14. The molecule has 2 aromatic carbocycles. The van der Waals surface area contributed by atoms with Crippen molar-refractivity contribution >= 4 is 23.5 Å². The van der Waals surface area contributed by atoms with Gasteiger partial charge in [0.2, 0.25) is 0 Å². The second kappa shape index (κ2) is 8.99. The summed E-state index contributed by atoms with van der Waals surface area (Å²) in [4.78, 5) is 15.8. The Balaban J connectivity index is 1.54. The molecule has 4 nitrogen and oxygen atoms in total. The summed E-state index contributed by atoms with van der Waals surface area (Å²) in [5.41, 5.74) is 0.795. The third kappa shape index (κ3) is 5.43. The van der Waals surface area contributed by atoms with Gasteiger partial charge < -0.3 is 15.0 Å². The van der Waals surface area contributed by atoms with Crippen LogP contribution in [0.4, 0.5) is 10.5 Å². The summed E-state index contributed by atoms with van der Waals surface area (Å²) >= 11 is 1.86. The highest BCUT2D eigenvalue weighted by molar-refractivity contribution is 8.00. The van der Waals surface area contributed by atoms with Crippen LogP contribution in [-0.4, -0.2) is 35.4 Å².